The Bertz CT molecular complexity index is 878. The highest BCUT2D eigenvalue weighted by atomic mass is 19.4. The van der Waals surface area contributed by atoms with Crippen LogP contribution in [0, 0.1) is 0 Å². The summed E-state index contributed by atoms with van der Waals surface area (Å²) in [4.78, 5) is 11.5. The third-order valence-electron chi connectivity index (χ3n) is 3.64. The fourth-order valence-corrected chi connectivity index (χ4v) is 2.55. The molecule has 1 aromatic carbocycles. The minimum absolute atomic E-state index is 0.120. The summed E-state index contributed by atoms with van der Waals surface area (Å²) >= 11 is 0. The molecular formula is C15H11F9N2O. The van der Waals surface area contributed by atoms with Crippen molar-refractivity contribution in [1.29, 1.82) is 0 Å². The van der Waals surface area contributed by atoms with Crippen molar-refractivity contribution in [2.45, 2.75) is 18.5 Å². The molecule has 0 saturated carbocycles. The molecule has 0 radical (unpaired) electrons. The Balaban J connectivity index is 2.70. The van der Waals surface area contributed by atoms with Gasteiger partial charge in [0.2, 0.25) is 0 Å². The van der Waals surface area contributed by atoms with E-state index in [1.165, 1.54) is 0 Å². The second kappa shape index (κ2) is 6.64. The van der Waals surface area contributed by atoms with Crippen molar-refractivity contribution < 1.29 is 39.5 Å². The highest BCUT2D eigenvalue weighted by molar-refractivity contribution is 5.86. The van der Waals surface area contributed by atoms with Gasteiger partial charge in [0.05, 0.1) is 11.1 Å². The minimum Gasteiger partial charge on any atom is -0.353 e. The largest absolute Gasteiger partial charge is 0.417 e. The first-order chi connectivity index (χ1) is 12.1. The molecule has 12 heteroatoms. The fraction of sp³-hybridized carbons (Fsp3) is 0.400. The van der Waals surface area contributed by atoms with E-state index in [-0.39, 0.29) is 16.5 Å². The average molecular weight is 406 g/mol. The van der Waals surface area contributed by atoms with Gasteiger partial charge < -0.3 is 9.47 Å². The van der Waals surface area contributed by atoms with Gasteiger partial charge in [-0.15, -0.1) is 0 Å². The first kappa shape index (κ1) is 20.9. The van der Waals surface area contributed by atoms with Gasteiger partial charge in [0.25, 0.3) is 5.56 Å². The van der Waals surface area contributed by atoms with Crippen molar-refractivity contribution in [3.63, 3.8) is 0 Å². The van der Waals surface area contributed by atoms with Crippen LogP contribution in [0.3, 0.4) is 0 Å². The highest BCUT2D eigenvalue weighted by Crippen LogP contribution is 2.36. The summed E-state index contributed by atoms with van der Waals surface area (Å²) in [5.41, 5.74) is -3.45. The fourth-order valence-electron chi connectivity index (χ4n) is 2.55. The third kappa shape index (κ3) is 5.07. The number of alkyl halides is 9. The summed E-state index contributed by atoms with van der Waals surface area (Å²) in [6, 6.07) is 2.49. The molecule has 0 bridgehead atoms. The van der Waals surface area contributed by atoms with E-state index in [0.717, 1.165) is 23.7 Å². The topological polar surface area (TPSA) is 25.2 Å². The Labute approximate surface area is 145 Å². The second-order valence-corrected chi connectivity index (χ2v) is 5.74. The molecular weight excluding hydrogens is 395 g/mol. The number of pyridine rings is 1. The lowest BCUT2D eigenvalue weighted by Gasteiger charge is -2.27. The Morgan fingerprint density at radius 2 is 1.41 bits per heavy atom. The lowest BCUT2D eigenvalue weighted by molar-refractivity contribution is -0.138. The van der Waals surface area contributed by atoms with Crippen molar-refractivity contribution in [3.05, 3.63) is 40.2 Å². The molecule has 27 heavy (non-hydrogen) atoms. The summed E-state index contributed by atoms with van der Waals surface area (Å²) in [5, 5.41) is -0.684. The number of hydrogen-bond donors (Lipinski definition) is 0. The van der Waals surface area contributed by atoms with Crippen LogP contribution in [0.25, 0.3) is 10.9 Å². The van der Waals surface area contributed by atoms with Gasteiger partial charge in [-0.05, 0) is 18.2 Å². The van der Waals surface area contributed by atoms with Crippen LogP contribution in [0.1, 0.15) is 5.56 Å². The molecule has 0 spiro atoms. The first-order valence-electron chi connectivity index (χ1n) is 7.18. The molecule has 1 aromatic heterocycles. The molecule has 0 atom stereocenters. The molecule has 0 saturated heterocycles. The average Bonchev–Trinajstić information content (AvgIpc) is 2.45. The van der Waals surface area contributed by atoms with Gasteiger partial charge in [-0.1, -0.05) is 0 Å². The van der Waals surface area contributed by atoms with Crippen molar-refractivity contribution in [1.82, 2.24) is 4.57 Å². The predicted octanol–water partition coefficient (Wildman–Crippen LogP) is 4.49. The molecule has 2 aromatic rings. The third-order valence-corrected chi connectivity index (χ3v) is 3.64. The quantitative estimate of drug-likeness (QED) is 0.702. The molecule has 0 aliphatic carbocycles. The Morgan fingerprint density at radius 1 is 0.889 bits per heavy atom. The summed E-state index contributed by atoms with van der Waals surface area (Å²) < 4.78 is 116. The normalized spacial score (nSPS) is 13.3. The SMILES string of the molecule is Cn1c(=O)cc(C(F)(F)F)c2cc(N(CC(F)(F)F)CC(F)(F)F)ccc21. The van der Waals surface area contributed by atoms with Crippen LogP contribution in [-0.2, 0) is 13.2 Å². The van der Waals surface area contributed by atoms with Crippen molar-refractivity contribution >= 4 is 16.6 Å². The molecule has 0 unspecified atom stereocenters. The maximum absolute atomic E-state index is 13.2. The van der Waals surface area contributed by atoms with Crippen LogP contribution in [0.15, 0.2) is 29.1 Å². The number of aromatic nitrogens is 1. The van der Waals surface area contributed by atoms with Gasteiger partial charge in [-0.2, -0.15) is 39.5 Å². The molecule has 0 aliphatic rings. The number of hydrogen-bond acceptors (Lipinski definition) is 2. The van der Waals surface area contributed by atoms with Crippen molar-refractivity contribution in [3.8, 4) is 0 Å². The number of rotatable bonds is 3. The van der Waals surface area contributed by atoms with Gasteiger partial charge >= 0.3 is 18.5 Å². The number of aryl methyl sites for hydroxylation is 1. The Kier molecular flexibility index (Phi) is 5.14. The zero-order chi connectivity index (χ0) is 20.8. The smallest absolute Gasteiger partial charge is 0.353 e. The van der Waals surface area contributed by atoms with Crippen LogP contribution in [0.4, 0.5) is 45.2 Å². The molecule has 0 amide bonds. The standard InChI is InChI=1S/C15H11F9N2O/c1-25-11-3-2-8(26(6-13(16,17)18)7-14(19,20)21)4-9(11)10(5-12(25)27)15(22,23)24/h2-5H,6-7H2,1H3. The lowest BCUT2D eigenvalue weighted by atomic mass is 10.1. The number of nitrogens with zero attached hydrogens (tertiary/aromatic N) is 2. The lowest BCUT2D eigenvalue weighted by Crippen LogP contribution is -2.40. The van der Waals surface area contributed by atoms with Gasteiger partial charge in [0, 0.05) is 24.2 Å². The van der Waals surface area contributed by atoms with Crippen LogP contribution in [0.2, 0.25) is 0 Å². The van der Waals surface area contributed by atoms with Crippen molar-refractivity contribution in [2.24, 2.45) is 7.05 Å². The van der Waals surface area contributed by atoms with E-state index in [0.29, 0.717) is 6.07 Å². The minimum atomic E-state index is -5.02. The van der Waals surface area contributed by atoms with Crippen LogP contribution >= 0.6 is 0 Å². The molecule has 0 aliphatic heterocycles. The maximum Gasteiger partial charge on any atom is 0.417 e. The monoisotopic (exact) mass is 406 g/mol. The van der Waals surface area contributed by atoms with Crippen LogP contribution in [0.5, 0.6) is 0 Å². The summed E-state index contributed by atoms with van der Waals surface area (Å²) in [5.74, 6) is 0. The Hall–Kier alpha value is -2.40. The van der Waals surface area contributed by atoms with E-state index in [9.17, 15) is 44.3 Å². The highest BCUT2D eigenvalue weighted by Gasteiger charge is 2.38. The predicted molar refractivity (Wildman–Crippen MR) is 78.5 cm³/mol. The van der Waals surface area contributed by atoms with Crippen LogP contribution in [-0.4, -0.2) is 30.0 Å². The van der Waals surface area contributed by atoms with E-state index in [4.69, 9.17) is 0 Å². The van der Waals surface area contributed by atoms with Gasteiger partial charge in [0.1, 0.15) is 13.1 Å². The molecule has 1 heterocycles. The number of anilines is 1. The first-order valence-corrected chi connectivity index (χ1v) is 7.18. The number of benzene rings is 1. The van der Waals surface area contributed by atoms with Crippen molar-refractivity contribution in [2.75, 3.05) is 18.0 Å². The summed E-state index contributed by atoms with van der Waals surface area (Å²) in [6.07, 6.45) is -15.1. The molecule has 150 valence electrons. The van der Waals surface area contributed by atoms with E-state index >= 15 is 0 Å². The van der Waals surface area contributed by atoms with Gasteiger partial charge in [0.15, 0.2) is 0 Å². The second-order valence-electron chi connectivity index (χ2n) is 5.74. The molecule has 0 N–H and O–H groups in total. The molecule has 0 fully saturated rings. The maximum atomic E-state index is 13.2. The number of fused-ring (bicyclic) bond motifs is 1. The Morgan fingerprint density at radius 3 is 1.85 bits per heavy atom. The zero-order valence-electron chi connectivity index (χ0n) is 13.4. The molecule has 3 nitrogen and oxygen atoms in total. The number of halogens is 9. The van der Waals surface area contributed by atoms with Gasteiger partial charge in [-0.3, -0.25) is 4.79 Å². The zero-order valence-corrected chi connectivity index (χ0v) is 13.4. The van der Waals surface area contributed by atoms with Gasteiger partial charge in [-0.25, -0.2) is 0 Å². The van der Waals surface area contributed by atoms with Crippen LogP contribution < -0.4 is 10.5 Å². The summed E-state index contributed by atoms with van der Waals surface area (Å²) in [7, 11) is 1.13. The van der Waals surface area contributed by atoms with E-state index in [2.05, 4.69) is 0 Å². The van der Waals surface area contributed by atoms with E-state index in [1.807, 2.05) is 0 Å². The molecule has 2 rings (SSSR count). The summed E-state index contributed by atoms with van der Waals surface area (Å²) in [6.45, 7) is -4.02. The van der Waals surface area contributed by atoms with E-state index < -0.39 is 53.8 Å². The van der Waals surface area contributed by atoms with E-state index in [1.54, 1.807) is 0 Å².